The second-order valence-electron chi connectivity index (χ2n) is 5.71. The van der Waals surface area contributed by atoms with E-state index in [1.165, 1.54) is 12.1 Å². The molecule has 4 nitrogen and oxygen atoms in total. The van der Waals surface area contributed by atoms with E-state index in [0.717, 1.165) is 11.0 Å². The quantitative estimate of drug-likeness (QED) is 0.693. The number of benzene rings is 2. The molecule has 110 valence electrons. The molecule has 5 heteroatoms. The summed E-state index contributed by atoms with van der Waals surface area (Å²) < 4.78 is 27.9. The summed E-state index contributed by atoms with van der Waals surface area (Å²) in [6.07, 6.45) is -0.0478. The van der Waals surface area contributed by atoms with Crippen LogP contribution in [0.2, 0.25) is 0 Å². The first-order valence-corrected chi connectivity index (χ1v) is 7.30. The number of para-hydroxylation sites is 2. The van der Waals surface area contributed by atoms with Crippen molar-refractivity contribution < 1.29 is 13.9 Å². The molecule has 0 saturated carbocycles. The lowest BCUT2D eigenvalue weighted by Crippen LogP contribution is -2.38. The van der Waals surface area contributed by atoms with Crippen molar-refractivity contribution in [3.05, 3.63) is 65.7 Å². The van der Waals surface area contributed by atoms with E-state index in [9.17, 15) is 4.39 Å². The first kappa shape index (κ1) is 12.3. The summed E-state index contributed by atoms with van der Waals surface area (Å²) in [6, 6.07) is 14.3. The van der Waals surface area contributed by atoms with Crippen LogP contribution < -0.4 is 0 Å². The van der Waals surface area contributed by atoms with Crippen LogP contribution in [0.1, 0.15) is 11.4 Å². The van der Waals surface area contributed by atoms with E-state index in [0.29, 0.717) is 24.5 Å². The van der Waals surface area contributed by atoms with Gasteiger partial charge in [0, 0.05) is 5.56 Å². The lowest BCUT2D eigenvalue weighted by atomic mass is 10.0. The van der Waals surface area contributed by atoms with Gasteiger partial charge in [-0.3, -0.25) is 0 Å². The van der Waals surface area contributed by atoms with Gasteiger partial charge in [0.15, 0.2) is 5.82 Å². The van der Waals surface area contributed by atoms with Gasteiger partial charge < -0.3 is 14.0 Å². The number of rotatable bonds is 1. The molecule has 3 heterocycles. The maximum atomic E-state index is 13.7. The number of nitrogens with zero attached hydrogens (tertiary/aromatic N) is 2. The van der Waals surface area contributed by atoms with Crippen LogP contribution in [-0.2, 0) is 21.8 Å². The number of hydrogen-bond donors (Lipinski definition) is 0. The topological polar surface area (TPSA) is 36.3 Å². The van der Waals surface area contributed by atoms with Crippen molar-refractivity contribution in [2.24, 2.45) is 0 Å². The van der Waals surface area contributed by atoms with E-state index in [1.54, 1.807) is 6.07 Å². The lowest BCUT2D eigenvalue weighted by molar-refractivity contribution is -0.163. The molecule has 3 aromatic rings. The fourth-order valence-corrected chi connectivity index (χ4v) is 3.41. The third-order valence-corrected chi connectivity index (χ3v) is 4.34. The predicted molar refractivity (Wildman–Crippen MR) is 77.7 cm³/mol. The summed E-state index contributed by atoms with van der Waals surface area (Å²) in [5.74, 6) is -0.729. The zero-order chi connectivity index (χ0) is 14.7. The van der Waals surface area contributed by atoms with E-state index in [4.69, 9.17) is 14.5 Å². The van der Waals surface area contributed by atoms with E-state index in [1.807, 2.05) is 30.3 Å². The van der Waals surface area contributed by atoms with Crippen LogP contribution in [-0.4, -0.2) is 22.3 Å². The van der Waals surface area contributed by atoms with Gasteiger partial charge in [-0.1, -0.05) is 24.3 Å². The highest BCUT2D eigenvalue weighted by molar-refractivity contribution is 5.76. The summed E-state index contributed by atoms with van der Waals surface area (Å²) in [5, 5.41) is 0. The minimum Gasteiger partial charge on any atom is -0.337 e. The molecule has 0 aliphatic carbocycles. The van der Waals surface area contributed by atoms with Crippen molar-refractivity contribution in [1.29, 1.82) is 0 Å². The molecule has 0 unspecified atom stereocenters. The van der Waals surface area contributed by atoms with Crippen LogP contribution in [0.25, 0.3) is 11.0 Å². The fourth-order valence-electron chi connectivity index (χ4n) is 3.41. The average Bonchev–Trinajstić information content (AvgIpc) is 3.09. The van der Waals surface area contributed by atoms with Gasteiger partial charge >= 0.3 is 0 Å². The van der Waals surface area contributed by atoms with Gasteiger partial charge in [-0.25, -0.2) is 9.37 Å². The molecule has 2 atom stereocenters. The summed E-state index contributed by atoms with van der Waals surface area (Å²) in [6.45, 7) is 1.18. The maximum Gasteiger partial charge on any atom is 0.256 e. The van der Waals surface area contributed by atoms with Crippen LogP contribution in [0.4, 0.5) is 4.39 Å². The maximum absolute atomic E-state index is 13.7. The van der Waals surface area contributed by atoms with Gasteiger partial charge in [-0.2, -0.15) is 0 Å². The Morgan fingerprint density at radius 2 is 2.09 bits per heavy atom. The molecule has 22 heavy (non-hydrogen) atoms. The highest BCUT2D eigenvalue weighted by Crippen LogP contribution is 2.44. The normalized spacial score (nSPS) is 26.3. The SMILES string of the molecule is Fc1cccc([C@]23OC[C@H](Cn4c2nc2ccccc24)O3)c1. The standard InChI is InChI=1S/C17H13FN2O2/c18-12-5-3-4-11(8-12)17-16-19-14-6-1-2-7-15(14)20(16)9-13(22-17)10-21-17/h1-8,13H,9-10H2/t13-,17+/m0/s1. The summed E-state index contributed by atoms with van der Waals surface area (Å²) in [5.41, 5.74) is 2.59. The molecular formula is C17H13FN2O2. The molecular weight excluding hydrogens is 283 g/mol. The molecule has 2 aliphatic heterocycles. The monoisotopic (exact) mass is 296 g/mol. The lowest BCUT2D eigenvalue weighted by Gasteiger charge is -2.32. The highest BCUT2D eigenvalue weighted by Gasteiger charge is 2.52. The van der Waals surface area contributed by atoms with Crippen molar-refractivity contribution in [1.82, 2.24) is 9.55 Å². The van der Waals surface area contributed by atoms with Crippen LogP contribution >= 0.6 is 0 Å². The first-order valence-electron chi connectivity index (χ1n) is 7.30. The Kier molecular flexibility index (Phi) is 2.32. The van der Waals surface area contributed by atoms with Crippen molar-refractivity contribution >= 4 is 11.0 Å². The second kappa shape index (κ2) is 4.15. The van der Waals surface area contributed by atoms with Crippen LogP contribution in [0.3, 0.4) is 0 Å². The van der Waals surface area contributed by atoms with Crippen LogP contribution in [0, 0.1) is 5.82 Å². The minimum atomic E-state index is -1.11. The molecule has 2 aromatic carbocycles. The second-order valence-corrected chi connectivity index (χ2v) is 5.71. The molecule has 0 amide bonds. The van der Waals surface area contributed by atoms with Crippen molar-refractivity contribution in [3.8, 4) is 0 Å². The summed E-state index contributed by atoms with van der Waals surface area (Å²) in [7, 11) is 0. The molecule has 2 bridgehead atoms. The van der Waals surface area contributed by atoms with Crippen LogP contribution in [0.5, 0.6) is 0 Å². The Hall–Kier alpha value is -2.24. The molecule has 2 aliphatic rings. The van der Waals surface area contributed by atoms with E-state index in [-0.39, 0.29) is 11.9 Å². The minimum absolute atomic E-state index is 0.0478. The van der Waals surface area contributed by atoms with E-state index >= 15 is 0 Å². The zero-order valence-electron chi connectivity index (χ0n) is 11.7. The molecule has 0 radical (unpaired) electrons. The Balaban J connectivity index is 1.81. The first-order chi connectivity index (χ1) is 10.8. The third-order valence-electron chi connectivity index (χ3n) is 4.34. The Bertz CT molecular complexity index is 891. The van der Waals surface area contributed by atoms with Crippen molar-refractivity contribution in [2.45, 2.75) is 18.4 Å². The van der Waals surface area contributed by atoms with Gasteiger partial charge in [0.25, 0.3) is 5.79 Å². The van der Waals surface area contributed by atoms with Gasteiger partial charge in [-0.15, -0.1) is 0 Å². The smallest absolute Gasteiger partial charge is 0.256 e. The van der Waals surface area contributed by atoms with Gasteiger partial charge in [-0.05, 0) is 24.3 Å². The van der Waals surface area contributed by atoms with Gasteiger partial charge in [0.05, 0.1) is 24.2 Å². The fraction of sp³-hybridized carbons (Fsp3) is 0.235. The average molecular weight is 296 g/mol. The molecule has 1 fully saturated rings. The molecule has 1 saturated heterocycles. The van der Waals surface area contributed by atoms with E-state index in [2.05, 4.69) is 4.57 Å². The highest BCUT2D eigenvalue weighted by atomic mass is 19.1. The van der Waals surface area contributed by atoms with Gasteiger partial charge in [0.2, 0.25) is 0 Å². The van der Waals surface area contributed by atoms with Crippen molar-refractivity contribution in [2.75, 3.05) is 6.61 Å². The number of ether oxygens (including phenoxy) is 2. The Morgan fingerprint density at radius 1 is 1.18 bits per heavy atom. The zero-order valence-corrected chi connectivity index (χ0v) is 11.7. The third kappa shape index (κ3) is 1.50. The molecule has 1 aromatic heterocycles. The van der Waals surface area contributed by atoms with Crippen molar-refractivity contribution in [3.63, 3.8) is 0 Å². The largest absolute Gasteiger partial charge is 0.337 e. The number of hydrogen-bond acceptors (Lipinski definition) is 3. The van der Waals surface area contributed by atoms with E-state index < -0.39 is 5.79 Å². The summed E-state index contributed by atoms with van der Waals surface area (Å²) in [4.78, 5) is 4.70. The Morgan fingerprint density at radius 3 is 3.00 bits per heavy atom. The molecule has 0 N–H and O–H groups in total. The van der Waals surface area contributed by atoms with Crippen LogP contribution in [0.15, 0.2) is 48.5 Å². The number of halogens is 1. The number of fused-ring (bicyclic) bond motifs is 6. The predicted octanol–water partition coefficient (Wildman–Crippen LogP) is 2.81. The number of imidazole rings is 1. The van der Waals surface area contributed by atoms with Gasteiger partial charge in [0.1, 0.15) is 11.9 Å². The number of aromatic nitrogens is 2. The summed E-state index contributed by atoms with van der Waals surface area (Å²) >= 11 is 0. The molecule has 5 rings (SSSR count). The molecule has 0 spiro atoms. The Labute approximate surface area is 126 Å².